The van der Waals surface area contributed by atoms with Crippen molar-refractivity contribution in [3.8, 4) is 5.75 Å². The third-order valence-corrected chi connectivity index (χ3v) is 2.91. The van der Waals surface area contributed by atoms with Gasteiger partial charge in [0, 0.05) is 11.4 Å². The molecule has 0 saturated carbocycles. The van der Waals surface area contributed by atoms with E-state index in [0.717, 1.165) is 0 Å². The van der Waals surface area contributed by atoms with E-state index in [9.17, 15) is 19.5 Å². The summed E-state index contributed by atoms with van der Waals surface area (Å²) in [6, 6.07) is 2.56. The van der Waals surface area contributed by atoms with Crippen LogP contribution in [0.4, 0.5) is 0 Å². The zero-order valence-corrected chi connectivity index (χ0v) is 11.9. The van der Waals surface area contributed by atoms with E-state index < -0.39 is 23.9 Å². The van der Waals surface area contributed by atoms with Gasteiger partial charge in [0.2, 0.25) is 0 Å². The third kappa shape index (κ3) is 4.96. The van der Waals surface area contributed by atoms with Gasteiger partial charge in [0.05, 0.1) is 12.7 Å². The Morgan fingerprint density at radius 3 is 2.57 bits per heavy atom. The van der Waals surface area contributed by atoms with Crippen LogP contribution in [0.2, 0.25) is 5.02 Å². The van der Waals surface area contributed by atoms with Gasteiger partial charge in [-0.1, -0.05) is 11.6 Å². The maximum absolute atomic E-state index is 11.9. The highest BCUT2D eigenvalue weighted by Crippen LogP contribution is 2.21. The number of phenols is 1. The van der Waals surface area contributed by atoms with Crippen molar-refractivity contribution in [2.24, 2.45) is 0 Å². The Balaban J connectivity index is 2.76. The molecule has 1 rings (SSSR count). The number of carboxylic acid groups (broad SMARTS) is 1. The second-order valence-corrected chi connectivity index (χ2v) is 4.58. The van der Waals surface area contributed by atoms with Crippen molar-refractivity contribution in [1.29, 1.82) is 0 Å². The number of aliphatic carboxylic acids is 1. The number of phenolic OH excluding ortho intramolecular Hbond substituents is 1. The molecule has 7 nitrogen and oxygen atoms in total. The molecule has 3 N–H and O–H groups in total. The monoisotopic (exact) mass is 315 g/mol. The predicted octanol–water partition coefficient (Wildman–Crippen LogP) is 1.18. The van der Waals surface area contributed by atoms with Crippen LogP contribution in [0.1, 0.15) is 23.2 Å². The summed E-state index contributed by atoms with van der Waals surface area (Å²) in [5.41, 5.74) is -0.108. The maximum Gasteiger partial charge on any atom is 0.326 e. The van der Waals surface area contributed by atoms with Crippen LogP contribution in [0.25, 0.3) is 0 Å². The Labute approximate surface area is 125 Å². The Bertz CT molecular complexity index is 560. The quantitative estimate of drug-likeness (QED) is 0.679. The standard InChI is InChI=1S/C13H14ClNO6/c1-21-11(17)5-4-9(13(19)20)15-12(18)8-3-2-7(14)6-10(8)16/h2-3,6,9,16H,4-5H2,1H3,(H,15,18)(H,19,20). The third-order valence-electron chi connectivity index (χ3n) is 2.67. The molecule has 1 unspecified atom stereocenters. The molecular weight excluding hydrogens is 302 g/mol. The molecule has 8 heteroatoms. The van der Waals surface area contributed by atoms with E-state index in [-0.39, 0.29) is 29.2 Å². The molecule has 0 fully saturated rings. The SMILES string of the molecule is COC(=O)CCC(NC(=O)c1ccc(Cl)cc1O)C(=O)O. The number of esters is 1. The van der Waals surface area contributed by atoms with E-state index >= 15 is 0 Å². The lowest BCUT2D eigenvalue weighted by molar-refractivity contribution is -0.142. The number of amides is 1. The Hall–Kier alpha value is -2.28. The maximum atomic E-state index is 11.9. The highest BCUT2D eigenvalue weighted by atomic mass is 35.5. The molecule has 0 bridgehead atoms. The summed E-state index contributed by atoms with van der Waals surface area (Å²) < 4.78 is 4.40. The van der Waals surface area contributed by atoms with Gasteiger partial charge in [0.15, 0.2) is 0 Å². The van der Waals surface area contributed by atoms with Crippen LogP contribution in [0.3, 0.4) is 0 Å². The lowest BCUT2D eigenvalue weighted by Crippen LogP contribution is -2.41. The fourth-order valence-corrected chi connectivity index (χ4v) is 1.72. The number of rotatable bonds is 6. The smallest absolute Gasteiger partial charge is 0.326 e. The summed E-state index contributed by atoms with van der Waals surface area (Å²) in [5.74, 6) is -3.01. The summed E-state index contributed by atoms with van der Waals surface area (Å²) in [4.78, 5) is 34.0. The van der Waals surface area contributed by atoms with Gasteiger partial charge in [0.1, 0.15) is 11.8 Å². The Kier molecular flexibility index (Phi) is 5.98. The van der Waals surface area contributed by atoms with Crippen molar-refractivity contribution >= 4 is 29.4 Å². The van der Waals surface area contributed by atoms with Gasteiger partial charge < -0.3 is 20.3 Å². The molecule has 1 aromatic carbocycles. The number of nitrogens with one attached hydrogen (secondary N) is 1. The number of aromatic hydroxyl groups is 1. The van der Waals surface area contributed by atoms with Gasteiger partial charge in [0.25, 0.3) is 5.91 Å². The molecule has 0 heterocycles. The van der Waals surface area contributed by atoms with Crippen LogP contribution in [0, 0.1) is 0 Å². The van der Waals surface area contributed by atoms with Crippen molar-refractivity contribution in [3.05, 3.63) is 28.8 Å². The van der Waals surface area contributed by atoms with Crippen LogP contribution in [-0.4, -0.2) is 41.2 Å². The average Bonchev–Trinajstić information content (AvgIpc) is 2.42. The molecule has 0 aliphatic rings. The molecule has 0 spiro atoms. The van der Waals surface area contributed by atoms with Crippen molar-refractivity contribution in [3.63, 3.8) is 0 Å². The summed E-state index contributed by atoms with van der Waals surface area (Å²) in [5, 5.41) is 21.1. The number of benzene rings is 1. The van der Waals surface area contributed by atoms with Gasteiger partial charge >= 0.3 is 11.9 Å². The fourth-order valence-electron chi connectivity index (χ4n) is 1.55. The number of carbonyl (C=O) groups excluding carboxylic acids is 2. The van der Waals surface area contributed by atoms with Crippen LogP contribution < -0.4 is 5.32 Å². The number of ether oxygens (including phenoxy) is 1. The van der Waals surface area contributed by atoms with Crippen LogP contribution in [0.5, 0.6) is 5.75 Å². The number of hydrogen-bond acceptors (Lipinski definition) is 5. The van der Waals surface area contributed by atoms with E-state index in [4.69, 9.17) is 16.7 Å². The molecule has 1 amide bonds. The first-order valence-corrected chi connectivity index (χ1v) is 6.32. The van der Waals surface area contributed by atoms with Gasteiger partial charge in [-0.2, -0.15) is 0 Å². The zero-order chi connectivity index (χ0) is 16.0. The van der Waals surface area contributed by atoms with Gasteiger partial charge in [-0.25, -0.2) is 4.79 Å². The van der Waals surface area contributed by atoms with E-state index in [0.29, 0.717) is 0 Å². The second kappa shape index (κ2) is 7.49. The highest BCUT2D eigenvalue weighted by Gasteiger charge is 2.23. The van der Waals surface area contributed by atoms with Crippen molar-refractivity contribution in [2.45, 2.75) is 18.9 Å². The first kappa shape index (κ1) is 16.8. The molecule has 21 heavy (non-hydrogen) atoms. The molecule has 114 valence electrons. The average molecular weight is 316 g/mol. The van der Waals surface area contributed by atoms with Crippen LogP contribution in [0.15, 0.2) is 18.2 Å². The van der Waals surface area contributed by atoms with E-state index in [1.165, 1.54) is 25.3 Å². The van der Waals surface area contributed by atoms with Gasteiger partial charge in [-0.05, 0) is 24.6 Å². The molecule has 0 aliphatic carbocycles. The Morgan fingerprint density at radius 1 is 1.38 bits per heavy atom. The second-order valence-electron chi connectivity index (χ2n) is 4.14. The fraction of sp³-hybridized carbons (Fsp3) is 0.308. The first-order chi connectivity index (χ1) is 9.85. The topological polar surface area (TPSA) is 113 Å². The summed E-state index contributed by atoms with van der Waals surface area (Å²) in [6.45, 7) is 0. The minimum Gasteiger partial charge on any atom is -0.507 e. The minimum absolute atomic E-state index is 0.108. The van der Waals surface area contributed by atoms with E-state index in [1.54, 1.807) is 0 Å². The minimum atomic E-state index is -1.29. The molecule has 0 saturated heterocycles. The number of halogens is 1. The van der Waals surface area contributed by atoms with Crippen LogP contribution in [-0.2, 0) is 14.3 Å². The molecule has 0 radical (unpaired) electrons. The highest BCUT2D eigenvalue weighted by molar-refractivity contribution is 6.30. The molecule has 0 aliphatic heterocycles. The van der Waals surface area contributed by atoms with Crippen molar-refractivity contribution < 1.29 is 29.3 Å². The molecule has 0 aromatic heterocycles. The molecule has 1 aromatic rings. The first-order valence-electron chi connectivity index (χ1n) is 5.94. The summed E-state index contributed by atoms with van der Waals surface area (Å²) in [6.07, 6.45) is -0.275. The summed E-state index contributed by atoms with van der Waals surface area (Å²) in [7, 11) is 1.18. The number of carbonyl (C=O) groups is 3. The normalized spacial score (nSPS) is 11.5. The van der Waals surface area contributed by atoms with Crippen molar-refractivity contribution in [2.75, 3.05) is 7.11 Å². The van der Waals surface area contributed by atoms with Gasteiger partial charge in [-0.3, -0.25) is 9.59 Å². The zero-order valence-electron chi connectivity index (χ0n) is 11.1. The number of hydrogen-bond donors (Lipinski definition) is 3. The van der Waals surface area contributed by atoms with Crippen LogP contribution >= 0.6 is 11.6 Å². The predicted molar refractivity (Wildman–Crippen MR) is 73.3 cm³/mol. The number of methoxy groups -OCH3 is 1. The lowest BCUT2D eigenvalue weighted by atomic mass is 10.1. The molecular formula is C13H14ClNO6. The van der Waals surface area contributed by atoms with E-state index in [1.807, 2.05) is 0 Å². The number of carboxylic acids is 1. The van der Waals surface area contributed by atoms with Crippen molar-refractivity contribution in [1.82, 2.24) is 5.32 Å². The lowest BCUT2D eigenvalue weighted by Gasteiger charge is -2.14. The Morgan fingerprint density at radius 2 is 2.05 bits per heavy atom. The van der Waals surface area contributed by atoms with E-state index in [2.05, 4.69) is 10.1 Å². The largest absolute Gasteiger partial charge is 0.507 e. The molecule has 1 atom stereocenters. The van der Waals surface area contributed by atoms with Gasteiger partial charge in [-0.15, -0.1) is 0 Å². The summed E-state index contributed by atoms with van der Waals surface area (Å²) >= 11 is 5.64.